The van der Waals surface area contributed by atoms with Gasteiger partial charge in [0.1, 0.15) is 5.75 Å². The van der Waals surface area contributed by atoms with Crippen LogP contribution >= 0.6 is 0 Å². The topological polar surface area (TPSA) is 41.6 Å². The minimum absolute atomic E-state index is 0.0748. The Morgan fingerprint density at radius 2 is 2.21 bits per heavy atom. The van der Waals surface area contributed by atoms with E-state index >= 15 is 0 Å². The molecule has 1 heterocycles. The summed E-state index contributed by atoms with van der Waals surface area (Å²) >= 11 is 0. The van der Waals surface area contributed by atoms with Crippen LogP contribution in [-0.2, 0) is 0 Å². The molecule has 0 radical (unpaired) electrons. The third-order valence-electron chi connectivity index (χ3n) is 3.73. The lowest BCUT2D eigenvalue weighted by molar-refractivity contribution is 0.0720. The molecule has 4 heteroatoms. The van der Waals surface area contributed by atoms with Gasteiger partial charge in [0, 0.05) is 18.7 Å². The van der Waals surface area contributed by atoms with Gasteiger partial charge in [0.25, 0.3) is 5.91 Å². The van der Waals surface area contributed by atoms with Crippen molar-refractivity contribution in [2.24, 2.45) is 0 Å². The minimum atomic E-state index is 0.0748. The predicted molar refractivity (Wildman–Crippen MR) is 75.6 cm³/mol. The van der Waals surface area contributed by atoms with E-state index in [9.17, 15) is 4.79 Å². The summed E-state index contributed by atoms with van der Waals surface area (Å²) in [7, 11) is 3.52. The van der Waals surface area contributed by atoms with E-state index in [0.29, 0.717) is 11.6 Å². The van der Waals surface area contributed by atoms with Gasteiger partial charge in [-0.1, -0.05) is 6.07 Å². The molecule has 1 N–H and O–H groups in total. The van der Waals surface area contributed by atoms with Crippen LogP contribution in [0.15, 0.2) is 24.3 Å². The average Bonchev–Trinajstić information content (AvgIpc) is 2.75. The van der Waals surface area contributed by atoms with E-state index in [1.165, 1.54) is 0 Å². The molecule has 0 aromatic heterocycles. The van der Waals surface area contributed by atoms with Gasteiger partial charge in [-0.05, 0) is 50.6 Å². The molecule has 19 heavy (non-hydrogen) atoms. The number of carbonyl (C=O) groups is 1. The van der Waals surface area contributed by atoms with Gasteiger partial charge in [0.2, 0.25) is 0 Å². The minimum Gasteiger partial charge on any atom is -0.497 e. The predicted octanol–water partition coefficient (Wildman–Crippen LogP) is 1.91. The van der Waals surface area contributed by atoms with Gasteiger partial charge in [-0.25, -0.2) is 0 Å². The zero-order valence-electron chi connectivity index (χ0n) is 11.7. The van der Waals surface area contributed by atoms with E-state index in [1.54, 1.807) is 13.2 Å². The zero-order valence-corrected chi connectivity index (χ0v) is 11.7. The third-order valence-corrected chi connectivity index (χ3v) is 3.73. The van der Waals surface area contributed by atoms with Gasteiger partial charge >= 0.3 is 0 Å². The van der Waals surface area contributed by atoms with Crippen molar-refractivity contribution in [1.82, 2.24) is 10.2 Å². The maximum atomic E-state index is 12.5. The van der Waals surface area contributed by atoms with E-state index < -0.39 is 0 Å². The molecular weight excluding hydrogens is 240 g/mol. The fraction of sp³-hybridized carbons (Fsp3) is 0.533. The van der Waals surface area contributed by atoms with Crippen LogP contribution in [0, 0.1) is 0 Å². The Morgan fingerprint density at radius 1 is 1.37 bits per heavy atom. The van der Waals surface area contributed by atoms with Crippen LogP contribution in [0.5, 0.6) is 5.75 Å². The van der Waals surface area contributed by atoms with Crippen molar-refractivity contribution < 1.29 is 9.53 Å². The van der Waals surface area contributed by atoms with Gasteiger partial charge < -0.3 is 15.0 Å². The van der Waals surface area contributed by atoms with Crippen LogP contribution in [0.25, 0.3) is 0 Å². The van der Waals surface area contributed by atoms with Crippen molar-refractivity contribution in [2.45, 2.75) is 25.3 Å². The van der Waals surface area contributed by atoms with Gasteiger partial charge in [-0.15, -0.1) is 0 Å². The number of amides is 1. The Morgan fingerprint density at radius 3 is 3.00 bits per heavy atom. The van der Waals surface area contributed by atoms with Crippen LogP contribution < -0.4 is 10.1 Å². The first-order valence-corrected chi connectivity index (χ1v) is 6.84. The number of hydrogen-bond donors (Lipinski definition) is 1. The normalized spacial score (nSPS) is 19.6. The number of nitrogens with one attached hydrogen (secondary N) is 1. The first-order chi connectivity index (χ1) is 9.22. The molecule has 1 amide bonds. The number of ether oxygens (including phenoxy) is 1. The lowest BCUT2D eigenvalue weighted by Crippen LogP contribution is -2.37. The molecule has 104 valence electrons. The highest BCUT2D eigenvalue weighted by Crippen LogP contribution is 2.18. The van der Waals surface area contributed by atoms with E-state index in [2.05, 4.69) is 5.32 Å². The zero-order chi connectivity index (χ0) is 13.7. The summed E-state index contributed by atoms with van der Waals surface area (Å²) in [6.07, 6.45) is 3.21. The highest BCUT2D eigenvalue weighted by Gasteiger charge is 2.22. The lowest BCUT2D eigenvalue weighted by Gasteiger charge is -2.27. The number of methoxy groups -OCH3 is 1. The molecule has 1 fully saturated rings. The smallest absolute Gasteiger partial charge is 0.253 e. The maximum absolute atomic E-state index is 12.5. The summed E-state index contributed by atoms with van der Waals surface area (Å²) in [5.41, 5.74) is 0.694. The second kappa shape index (κ2) is 6.57. The molecule has 1 aliphatic rings. The standard InChI is InChI=1S/C15H22N2O2/c1-17(13-6-4-9-16-10-8-13)15(18)12-5-3-7-14(11-12)19-2/h3,5,7,11,13,16H,4,6,8-10H2,1-2H3. The van der Waals surface area contributed by atoms with Gasteiger partial charge in [0.05, 0.1) is 7.11 Å². The molecule has 2 rings (SSSR count). The molecule has 1 saturated heterocycles. The summed E-state index contributed by atoms with van der Waals surface area (Å²) < 4.78 is 5.17. The van der Waals surface area contributed by atoms with Crippen molar-refractivity contribution in [2.75, 3.05) is 27.2 Å². The SMILES string of the molecule is COc1cccc(C(=O)N(C)C2CCCNCC2)c1. The average molecular weight is 262 g/mol. The summed E-state index contributed by atoms with van der Waals surface area (Å²) in [6.45, 7) is 2.04. The van der Waals surface area contributed by atoms with E-state index in [-0.39, 0.29) is 5.91 Å². The van der Waals surface area contributed by atoms with Crippen LogP contribution in [0.2, 0.25) is 0 Å². The quantitative estimate of drug-likeness (QED) is 0.904. The molecule has 1 aliphatic heterocycles. The second-order valence-electron chi connectivity index (χ2n) is 4.98. The molecule has 0 bridgehead atoms. The summed E-state index contributed by atoms with van der Waals surface area (Å²) in [5, 5.41) is 3.37. The number of nitrogens with zero attached hydrogens (tertiary/aromatic N) is 1. The maximum Gasteiger partial charge on any atom is 0.253 e. The molecular formula is C15H22N2O2. The summed E-state index contributed by atoms with van der Waals surface area (Å²) in [5.74, 6) is 0.799. The van der Waals surface area contributed by atoms with Crippen LogP contribution in [0.3, 0.4) is 0 Å². The molecule has 0 saturated carbocycles. The van der Waals surface area contributed by atoms with Crippen LogP contribution in [0.1, 0.15) is 29.6 Å². The van der Waals surface area contributed by atoms with Crippen molar-refractivity contribution in [3.05, 3.63) is 29.8 Å². The third kappa shape index (κ3) is 3.47. The second-order valence-corrected chi connectivity index (χ2v) is 4.98. The van der Waals surface area contributed by atoms with Crippen LogP contribution in [-0.4, -0.2) is 44.1 Å². The van der Waals surface area contributed by atoms with Crippen LogP contribution in [0.4, 0.5) is 0 Å². The highest BCUT2D eigenvalue weighted by molar-refractivity contribution is 5.94. The molecule has 1 atom stereocenters. The fourth-order valence-electron chi connectivity index (χ4n) is 2.51. The first kappa shape index (κ1) is 13.9. The van der Waals surface area contributed by atoms with Crippen molar-refractivity contribution in [3.8, 4) is 5.75 Å². The fourth-order valence-corrected chi connectivity index (χ4v) is 2.51. The molecule has 1 unspecified atom stereocenters. The van der Waals surface area contributed by atoms with E-state index in [0.717, 1.165) is 38.1 Å². The van der Waals surface area contributed by atoms with Crippen molar-refractivity contribution >= 4 is 5.91 Å². The monoisotopic (exact) mass is 262 g/mol. The number of hydrogen-bond acceptors (Lipinski definition) is 3. The van der Waals surface area contributed by atoms with Gasteiger partial charge in [-0.2, -0.15) is 0 Å². The molecule has 0 aliphatic carbocycles. The Kier molecular flexibility index (Phi) is 4.80. The van der Waals surface area contributed by atoms with E-state index in [1.807, 2.05) is 30.1 Å². The van der Waals surface area contributed by atoms with Crippen molar-refractivity contribution in [1.29, 1.82) is 0 Å². The molecule has 4 nitrogen and oxygen atoms in total. The molecule has 0 spiro atoms. The highest BCUT2D eigenvalue weighted by atomic mass is 16.5. The van der Waals surface area contributed by atoms with Gasteiger partial charge in [0.15, 0.2) is 0 Å². The van der Waals surface area contributed by atoms with Crippen molar-refractivity contribution in [3.63, 3.8) is 0 Å². The molecule has 1 aromatic carbocycles. The Bertz CT molecular complexity index is 426. The largest absolute Gasteiger partial charge is 0.497 e. The summed E-state index contributed by atoms with van der Waals surface area (Å²) in [6, 6.07) is 7.68. The summed E-state index contributed by atoms with van der Waals surface area (Å²) in [4.78, 5) is 14.4. The number of benzene rings is 1. The lowest BCUT2D eigenvalue weighted by atomic mass is 10.1. The first-order valence-electron chi connectivity index (χ1n) is 6.84. The number of carbonyl (C=O) groups excluding carboxylic acids is 1. The van der Waals surface area contributed by atoms with E-state index in [4.69, 9.17) is 4.74 Å². The molecule has 1 aromatic rings. The Balaban J connectivity index is 2.08. The van der Waals surface area contributed by atoms with Gasteiger partial charge in [-0.3, -0.25) is 4.79 Å². The Hall–Kier alpha value is -1.55. The number of rotatable bonds is 3. The Labute approximate surface area is 114 Å².